The molecule has 0 saturated heterocycles. The SMILES string of the molecule is CC(C)CC(NC(=O)C(N)Cc1c[nH]c2ccccc12)C(=O)NC(Cc1cnc[nH]1)C(=O)NC(CC(N)=O)C(=O)O. The fourth-order valence-corrected chi connectivity index (χ4v) is 4.38. The van der Waals surface area contributed by atoms with E-state index in [0.717, 1.165) is 16.5 Å². The molecule has 220 valence electrons. The Kier molecular flexibility index (Phi) is 10.6. The van der Waals surface area contributed by atoms with Gasteiger partial charge in [0.25, 0.3) is 0 Å². The van der Waals surface area contributed by atoms with Crippen molar-refractivity contribution in [3.63, 3.8) is 0 Å². The van der Waals surface area contributed by atoms with Gasteiger partial charge in [0.05, 0.1) is 18.8 Å². The lowest BCUT2D eigenvalue weighted by atomic mass is 10.0. The second-order valence-electron chi connectivity index (χ2n) is 10.3. The molecule has 0 radical (unpaired) electrons. The van der Waals surface area contributed by atoms with Crippen LogP contribution in [0.1, 0.15) is 37.9 Å². The lowest BCUT2D eigenvalue weighted by Gasteiger charge is -2.26. The van der Waals surface area contributed by atoms with Crippen molar-refractivity contribution >= 4 is 40.5 Å². The van der Waals surface area contributed by atoms with Crippen molar-refractivity contribution in [2.75, 3.05) is 0 Å². The summed E-state index contributed by atoms with van der Waals surface area (Å²) in [7, 11) is 0. The Hall–Kier alpha value is -4.72. The average Bonchev–Trinajstić information content (AvgIpc) is 3.57. The van der Waals surface area contributed by atoms with Crippen LogP contribution in [0.2, 0.25) is 0 Å². The van der Waals surface area contributed by atoms with E-state index in [-0.39, 0.29) is 25.2 Å². The number of nitrogens with one attached hydrogen (secondary N) is 5. The van der Waals surface area contributed by atoms with Crippen molar-refractivity contribution in [1.82, 2.24) is 30.9 Å². The average molecular weight is 569 g/mol. The number of benzene rings is 1. The van der Waals surface area contributed by atoms with Crippen LogP contribution in [0.15, 0.2) is 43.0 Å². The summed E-state index contributed by atoms with van der Waals surface area (Å²) in [6.07, 6.45) is 4.40. The number of primary amides is 1. The molecule has 0 spiro atoms. The van der Waals surface area contributed by atoms with E-state index in [0.29, 0.717) is 5.69 Å². The monoisotopic (exact) mass is 568 g/mol. The minimum atomic E-state index is -1.59. The Morgan fingerprint density at radius 3 is 2.22 bits per heavy atom. The number of H-pyrrole nitrogens is 2. The molecule has 0 aliphatic rings. The number of rotatable bonds is 15. The van der Waals surface area contributed by atoms with Crippen LogP contribution in [-0.4, -0.2) is 73.8 Å². The molecular formula is C27H36N8O6. The first-order valence-corrected chi connectivity index (χ1v) is 13.1. The largest absolute Gasteiger partial charge is 0.480 e. The van der Waals surface area contributed by atoms with Crippen LogP contribution < -0.4 is 27.4 Å². The highest BCUT2D eigenvalue weighted by Gasteiger charge is 2.31. The maximum Gasteiger partial charge on any atom is 0.326 e. The molecule has 1 aromatic carbocycles. The number of amides is 4. The molecule has 3 aromatic rings. The maximum absolute atomic E-state index is 13.4. The summed E-state index contributed by atoms with van der Waals surface area (Å²) >= 11 is 0. The van der Waals surface area contributed by atoms with Crippen LogP contribution >= 0.6 is 0 Å². The van der Waals surface area contributed by atoms with E-state index in [4.69, 9.17) is 11.5 Å². The molecule has 4 atom stereocenters. The molecule has 3 rings (SSSR count). The van der Waals surface area contributed by atoms with Crippen LogP contribution in [0.3, 0.4) is 0 Å². The topological polar surface area (TPSA) is 238 Å². The van der Waals surface area contributed by atoms with Crippen LogP contribution in [0.25, 0.3) is 10.9 Å². The summed E-state index contributed by atoms with van der Waals surface area (Å²) in [5.74, 6) is -4.45. The van der Waals surface area contributed by atoms with E-state index in [9.17, 15) is 29.1 Å². The summed E-state index contributed by atoms with van der Waals surface area (Å²) < 4.78 is 0. The van der Waals surface area contributed by atoms with Crippen LogP contribution in [0.4, 0.5) is 0 Å². The normalized spacial score (nSPS) is 14.1. The van der Waals surface area contributed by atoms with Crippen molar-refractivity contribution in [3.05, 3.63) is 54.2 Å². The first-order valence-electron chi connectivity index (χ1n) is 13.1. The Bertz CT molecular complexity index is 1370. The molecule has 2 heterocycles. The number of aromatic nitrogens is 3. The molecule has 0 aliphatic heterocycles. The molecule has 0 fully saturated rings. The van der Waals surface area contributed by atoms with Gasteiger partial charge in [0.1, 0.15) is 18.1 Å². The standard InChI is InChI=1S/C27H36N8O6/c1-14(2)7-20(33-24(37)18(28)8-15-11-31-19-6-4-3-5-17(15)19)25(38)34-21(9-16-12-30-13-32-16)26(39)35-22(27(40)41)10-23(29)36/h3-6,11-14,18,20-22,31H,7-10,28H2,1-2H3,(H2,29,36)(H,30,32)(H,33,37)(H,34,38)(H,35,39)(H,40,41). The van der Waals surface area contributed by atoms with Crippen molar-refractivity contribution in [1.29, 1.82) is 0 Å². The van der Waals surface area contributed by atoms with Gasteiger partial charge in [0.15, 0.2) is 0 Å². The number of aromatic amines is 2. The van der Waals surface area contributed by atoms with Crippen molar-refractivity contribution in [3.8, 4) is 0 Å². The Morgan fingerprint density at radius 2 is 1.59 bits per heavy atom. The second kappa shape index (κ2) is 14.1. The third-order valence-electron chi connectivity index (χ3n) is 6.42. The number of imidazole rings is 1. The predicted octanol–water partition coefficient (Wildman–Crippen LogP) is -0.536. The van der Waals surface area contributed by atoms with Crippen LogP contribution in [-0.2, 0) is 36.8 Å². The number of carbonyl (C=O) groups excluding carboxylic acids is 4. The van der Waals surface area contributed by atoms with Crippen molar-refractivity contribution < 1.29 is 29.1 Å². The first-order chi connectivity index (χ1) is 19.4. The zero-order chi connectivity index (χ0) is 30.1. The lowest BCUT2D eigenvalue weighted by Crippen LogP contribution is -2.58. The summed E-state index contributed by atoms with van der Waals surface area (Å²) in [6, 6.07) is 2.78. The highest BCUT2D eigenvalue weighted by atomic mass is 16.4. The molecule has 2 aromatic heterocycles. The zero-order valence-corrected chi connectivity index (χ0v) is 22.8. The summed E-state index contributed by atoms with van der Waals surface area (Å²) in [5.41, 5.74) is 13.6. The minimum absolute atomic E-state index is 0.0114. The van der Waals surface area contributed by atoms with Gasteiger partial charge in [-0.2, -0.15) is 0 Å². The smallest absolute Gasteiger partial charge is 0.326 e. The quantitative estimate of drug-likeness (QED) is 0.118. The van der Waals surface area contributed by atoms with E-state index in [1.54, 1.807) is 6.20 Å². The Balaban J connectivity index is 1.73. The van der Waals surface area contributed by atoms with Gasteiger partial charge in [0, 0.05) is 35.4 Å². The summed E-state index contributed by atoms with van der Waals surface area (Å²) in [6.45, 7) is 3.74. The molecule has 0 bridgehead atoms. The molecule has 0 aliphatic carbocycles. The third kappa shape index (κ3) is 8.89. The van der Waals surface area contributed by atoms with Gasteiger partial charge in [-0.05, 0) is 30.4 Å². The van der Waals surface area contributed by atoms with Crippen molar-refractivity contribution in [2.45, 2.75) is 63.7 Å². The van der Waals surface area contributed by atoms with Gasteiger partial charge in [-0.15, -0.1) is 0 Å². The summed E-state index contributed by atoms with van der Waals surface area (Å²) in [5, 5.41) is 17.9. The number of carboxylic acid groups (broad SMARTS) is 1. The van der Waals surface area contributed by atoms with E-state index in [1.807, 2.05) is 38.1 Å². The molecule has 41 heavy (non-hydrogen) atoms. The van der Waals surface area contributed by atoms with Gasteiger partial charge in [0.2, 0.25) is 23.6 Å². The number of carboxylic acids is 1. The van der Waals surface area contributed by atoms with Crippen molar-refractivity contribution in [2.24, 2.45) is 17.4 Å². The van der Waals surface area contributed by atoms with Gasteiger partial charge >= 0.3 is 5.97 Å². The minimum Gasteiger partial charge on any atom is -0.480 e. The highest BCUT2D eigenvalue weighted by molar-refractivity contribution is 5.95. The number of fused-ring (bicyclic) bond motifs is 1. The molecule has 14 nitrogen and oxygen atoms in total. The van der Waals surface area contributed by atoms with Gasteiger partial charge < -0.3 is 42.5 Å². The zero-order valence-electron chi connectivity index (χ0n) is 22.8. The lowest BCUT2D eigenvalue weighted by molar-refractivity contribution is -0.143. The van der Waals surface area contributed by atoms with E-state index >= 15 is 0 Å². The van der Waals surface area contributed by atoms with Crippen LogP contribution in [0.5, 0.6) is 0 Å². The number of aliphatic carboxylic acids is 1. The highest BCUT2D eigenvalue weighted by Crippen LogP contribution is 2.19. The number of nitrogens with two attached hydrogens (primary N) is 2. The summed E-state index contributed by atoms with van der Waals surface area (Å²) in [4.78, 5) is 72.2. The van der Waals surface area contributed by atoms with Crippen LogP contribution in [0, 0.1) is 5.92 Å². The van der Waals surface area contributed by atoms with Gasteiger partial charge in [-0.1, -0.05) is 32.0 Å². The van der Waals surface area contributed by atoms with Gasteiger partial charge in [-0.25, -0.2) is 9.78 Å². The third-order valence-corrected chi connectivity index (χ3v) is 6.42. The molecule has 4 amide bonds. The van der Waals surface area contributed by atoms with E-state index < -0.39 is 60.2 Å². The van der Waals surface area contributed by atoms with E-state index in [2.05, 4.69) is 30.9 Å². The molecule has 0 saturated carbocycles. The number of para-hydroxylation sites is 1. The number of hydrogen-bond acceptors (Lipinski definition) is 7. The number of nitrogens with zero attached hydrogens (tertiary/aromatic N) is 1. The Morgan fingerprint density at radius 1 is 0.927 bits per heavy atom. The number of carbonyl (C=O) groups is 5. The molecular weight excluding hydrogens is 532 g/mol. The maximum atomic E-state index is 13.4. The second-order valence-corrected chi connectivity index (χ2v) is 10.3. The fraction of sp³-hybridized carbons (Fsp3) is 0.407. The Labute approximate surface area is 236 Å². The predicted molar refractivity (Wildman–Crippen MR) is 149 cm³/mol. The number of hydrogen-bond donors (Lipinski definition) is 8. The molecule has 10 N–H and O–H groups in total. The van der Waals surface area contributed by atoms with E-state index in [1.165, 1.54) is 12.5 Å². The first kappa shape index (κ1) is 30.8. The molecule has 4 unspecified atom stereocenters. The van der Waals surface area contributed by atoms with Gasteiger partial charge in [-0.3, -0.25) is 19.2 Å². The molecule has 14 heteroatoms. The fourth-order valence-electron chi connectivity index (χ4n) is 4.38.